The second-order valence-corrected chi connectivity index (χ2v) is 9.88. The lowest BCUT2D eigenvalue weighted by atomic mass is 9.87. The van der Waals surface area contributed by atoms with Crippen molar-refractivity contribution in [3.8, 4) is 5.69 Å². The van der Waals surface area contributed by atoms with Crippen LogP contribution in [0.25, 0.3) is 16.7 Å². The minimum Gasteiger partial charge on any atom is -0.384 e. The summed E-state index contributed by atoms with van der Waals surface area (Å²) in [4.78, 5) is 28.2. The van der Waals surface area contributed by atoms with Gasteiger partial charge in [0, 0.05) is 30.4 Å². The third kappa shape index (κ3) is 4.37. The van der Waals surface area contributed by atoms with Crippen molar-refractivity contribution in [3.05, 3.63) is 74.3 Å². The molecule has 3 N–H and O–H groups in total. The van der Waals surface area contributed by atoms with Crippen molar-refractivity contribution in [2.45, 2.75) is 24.8 Å². The van der Waals surface area contributed by atoms with Crippen molar-refractivity contribution < 1.29 is 0 Å². The number of anilines is 3. The Hall–Kier alpha value is -2.62. The van der Waals surface area contributed by atoms with Crippen LogP contribution in [0.2, 0.25) is 10.0 Å². The summed E-state index contributed by atoms with van der Waals surface area (Å²) in [5, 5.41) is 4.23. The second kappa shape index (κ2) is 9.68. The monoisotopic (exact) mass is 565 g/mol. The highest BCUT2D eigenvalue weighted by atomic mass is 35.5. The number of para-hydroxylation sites is 1. The molecule has 36 heavy (non-hydrogen) atoms. The number of nitrogens with zero attached hydrogens (tertiary/aromatic N) is 5. The van der Waals surface area contributed by atoms with Crippen LogP contribution in [0.5, 0.6) is 0 Å². The van der Waals surface area contributed by atoms with E-state index in [-0.39, 0.29) is 52.0 Å². The molecule has 0 atom stereocenters. The predicted octanol–water partition coefficient (Wildman–Crippen LogP) is 5.13. The zero-order chi connectivity index (χ0) is 23.6. The summed E-state index contributed by atoms with van der Waals surface area (Å²) in [5.41, 5.74) is 10.1. The quantitative estimate of drug-likeness (QED) is 0.354. The Morgan fingerprint density at radius 1 is 1.08 bits per heavy atom. The van der Waals surface area contributed by atoms with Gasteiger partial charge in [0.2, 0.25) is 5.95 Å². The molecule has 2 aromatic heterocycles. The first-order valence-corrected chi connectivity index (χ1v) is 11.7. The summed E-state index contributed by atoms with van der Waals surface area (Å²) in [6, 6.07) is 11.4. The molecular formula is C24H23Cl4N7O. The maximum absolute atomic E-state index is 12.9. The van der Waals surface area contributed by atoms with Gasteiger partial charge < -0.3 is 16.0 Å². The van der Waals surface area contributed by atoms with Gasteiger partial charge in [0.25, 0.3) is 0 Å². The molecule has 1 aliphatic heterocycles. The van der Waals surface area contributed by atoms with Crippen LogP contribution in [-0.4, -0.2) is 38.0 Å². The van der Waals surface area contributed by atoms with Crippen molar-refractivity contribution >= 4 is 76.5 Å². The van der Waals surface area contributed by atoms with Gasteiger partial charge in [-0.3, -0.25) is 0 Å². The summed E-state index contributed by atoms with van der Waals surface area (Å²) in [6.45, 7) is 2.03. The molecule has 0 amide bonds. The largest absolute Gasteiger partial charge is 0.384 e. The Balaban J connectivity index is 0.00000152. The summed E-state index contributed by atoms with van der Waals surface area (Å²) in [5.74, 6) is 0.445. The van der Waals surface area contributed by atoms with E-state index in [4.69, 9.17) is 28.9 Å². The van der Waals surface area contributed by atoms with Crippen molar-refractivity contribution in [2.75, 3.05) is 24.6 Å². The molecule has 188 valence electrons. The number of hydrogen-bond donors (Lipinski definition) is 2. The first kappa shape index (κ1) is 26.4. The van der Waals surface area contributed by atoms with Crippen LogP contribution in [0, 0.1) is 0 Å². The van der Waals surface area contributed by atoms with Gasteiger partial charge in [-0.25, -0.2) is 14.3 Å². The van der Waals surface area contributed by atoms with E-state index in [9.17, 15) is 4.79 Å². The highest BCUT2D eigenvalue weighted by molar-refractivity contribution is 6.37. The number of halogens is 4. The molecule has 3 heterocycles. The fourth-order valence-corrected chi connectivity index (χ4v) is 5.52. The molecule has 1 spiro atoms. The lowest BCUT2D eigenvalue weighted by Crippen LogP contribution is -2.35. The fourth-order valence-electron chi connectivity index (χ4n) is 4.96. The van der Waals surface area contributed by atoms with Crippen molar-refractivity contribution in [1.29, 1.82) is 0 Å². The number of aromatic nitrogens is 4. The smallest absolute Gasteiger partial charge is 0.355 e. The van der Waals surface area contributed by atoms with Gasteiger partial charge >= 0.3 is 5.69 Å². The van der Waals surface area contributed by atoms with Crippen LogP contribution < -0.4 is 16.7 Å². The average Bonchev–Trinajstić information content (AvgIpc) is 3.54. The SMILES string of the molecule is CN1Cc2cc(Nc3ncc4c(N)n(-c5c(Cl)cccc5Cl)c(=O)nc4n3)ccc2C2(CC2)C1.Cl.Cl. The summed E-state index contributed by atoms with van der Waals surface area (Å²) < 4.78 is 1.18. The molecule has 0 radical (unpaired) electrons. The number of nitrogens with two attached hydrogens (primary N) is 1. The van der Waals surface area contributed by atoms with Gasteiger partial charge in [0.05, 0.1) is 21.1 Å². The maximum atomic E-state index is 12.9. The highest BCUT2D eigenvalue weighted by Crippen LogP contribution is 2.52. The van der Waals surface area contributed by atoms with Crippen molar-refractivity contribution in [2.24, 2.45) is 0 Å². The van der Waals surface area contributed by atoms with E-state index >= 15 is 0 Å². The number of rotatable bonds is 3. The van der Waals surface area contributed by atoms with Crippen LogP contribution in [0.4, 0.5) is 17.5 Å². The first-order valence-electron chi connectivity index (χ1n) is 10.9. The van der Waals surface area contributed by atoms with E-state index in [0.29, 0.717) is 16.7 Å². The normalized spacial score (nSPS) is 15.6. The Morgan fingerprint density at radius 3 is 2.50 bits per heavy atom. The summed E-state index contributed by atoms with van der Waals surface area (Å²) in [6.07, 6.45) is 4.03. The molecule has 4 aromatic rings. The topological polar surface area (TPSA) is 102 Å². The number of nitrogens with one attached hydrogen (secondary N) is 1. The van der Waals surface area contributed by atoms with Crippen LogP contribution >= 0.6 is 48.0 Å². The number of fused-ring (bicyclic) bond motifs is 3. The lowest BCUT2D eigenvalue weighted by molar-refractivity contribution is 0.271. The second-order valence-electron chi connectivity index (χ2n) is 9.07. The van der Waals surface area contributed by atoms with Gasteiger partial charge in [-0.15, -0.1) is 24.8 Å². The molecule has 2 aliphatic rings. The molecule has 8 nitrogen and oxygen atoms in total. The van der Waals surface area contributed by atoms with E-state index < -0.39 is 5.69 Å². The molecule has 12 heteroatoms. The van der Waals surface area contributed by atoms with E-state index in [1.165, 1.54) is 28.5 Å². The van der Waals surface area contributed by atoms with Crippen LogP contribution in [0.1, 0.15) is 24.0 Å². The lowest BCUT2D eigenvalue weighted by Gasteiger charge is -2.32. The summed E-state index contributed by atoms with van der Waals surface area (Å²) >= 11 is 12.6. The molecule has 1 saturated carbocycles. The average molecular weight is 567 g/mol. The number of benzene rings is 2. The number of hydrogen-bond acceptors (Lipinski definition) is 7. The van der Waals surface area contributed by atoms with Crippen LogP contribution in [0.15, 0.2) is 47.4 Å². The molecule has 6 rings (SSSR count). The molecule has 2 aromatic carbocycles. The van der Waals surface area contributed by atoms with Gasteiger partial charge in [-0.1, -0.05) is 35.3 Å². The highest BCUT2D eigenvalue weighted by Gasteiger charge is 2.48. The van der Waals surface area contributed by atoms with Crippen LogP contribution in [-0.2, 0) is 12.0 Å². The Bertz CT molecular complexity index is 1520. The predicted molar refractivity (Wildman–Crippen MR) is 149 cm³/mol. The molecule has 0 bridgehead atoms. The van der Waals surface area contributed by atoms with Gasteiger partial charge in [0.15, 0.2) is 5.65 Å². The van der Waals surface area contributed by atoms with E-state index in [2.05, 4.69) is 50.4 Å². The van der Waals surface area contributed by atoms with E-state index in [0.717, 1.165) is 18.8 Å². The van der Waals surface area contributed by atoms with Gasteiger partial charge in [-0.05, 0) is 55.3 Å². The third-order valence-electron chi connectivity index (χ3n) is 6.64. The first-order chi connectivity index (χ1) is 16.3. The molecule has 0 unspecified atom stereocenters. The van der Waals surface area contributed by atoms with Crippen molar-refractivity contribution in [1.82, 2.24) is 24.4 Å². The molecule has 1 fully saturated rings. The fraction of sp³-hybridized carbons (Fsp3) is 0.250. The van der Waals surface area contributed by atoms with Gasteiger partial charge in [0.1, 0.15) is 5.82 Å². The van der Waals surface area contributed by atoms with Crippen LogP contribution in [0.3, 0.4) is 0 Å². The Labute approximate surface area is 229 Å². The molecule has 0 saturated heterocycles. The number of likely N-dealkylation sites (N-methyl/N-ethyl adjacent to an activating group) is 1. The number of nitrogen functional groups attached to an aromatic ring is 1. The third-order valence-corrected chi connectivity index (χ3v) is 7.25. The molecular weight excluding hydrogens is 544 g/mol. The van der Waals surface area contributed by atoms with E-state index in [1.807, 2.05) is 0 Å². The summed E-state index contributed by atoms with van der Waals surface area (Å²) in [7, 11) is 2.16. The molecule has 1 aliphatic carbocycles. The zero-order valence-electron chi connectivity index (χ0n) is 19.2. The van der Waals surface area contributed by atoms with Gasteiger partial charge in [-0.2, -0.15) is 9.97 Å². The minimum absolute atomic E-state index is 0. The standard InChI is InChI=1S/C24H21Cl2N7O.2ClH/c1-32-11-13-9-14(5-6-16(13)24(12-32)7-8-24)29-22-28-10-15-20(27)33(23(34)31-21(15)30-22)19-17(25)3-2-4-18(19)26;;/h2-6,9-10H,7-8,11-12,27H2,1H3,(H,29,30,31,34);2*1H. The van der Waals surface area contributed by atoms with E-state index in [1.54, 1.807) is 24.4 Å². The Kier molecular flexibility index (Phi) is 7.11. The Morgan fingerprint density at radius 2 is 1.81 bits per heavy atom. The minimum atomic E-state index is -0.629. The van der Waals surface area contributed by atoms with Crippen molar-refractivity contribution in [3.63, 3.8) is 0 Å². The maximum Gasteiger partial charge on any atom is 0.355 e. The zero-order valence-corrected chi connectivity index (χ0v) is 22.3.